The summed E-state index contributed by atoms with van der Waals surface area (Å²) in [5, 5.41) is 13.1. The summed E-state index contributed by atoms with van der Waals surface area (Å²) in [4.78, 5) is 37.7. The van der Waals surface area contributed by atoms with E-state index in [1.807, 2.05) is 0 Å². The maximum absolute atomic E-state index is 12.9. The normalized spacial score (nSPS) is 31.9. The number of ether oxygens (including phenoxy) is 1. The van der Waals surface area contributed by atoms with Crippen LogP contribution < -0.4 is 5.32 Å². The first-order valence-electron chi connectivity index (χ1n) is 10.7. The number of hydrogen-bond donors (Lipinski definition) is 3. The number of nitrogens with zero attached hydrogens (tertiary/aromatic N) is 1. The molecule has 4 aliphatic carbocycles. The Morgan fingerprint density at radius 1 is 1.17 bits per heavy atom. The van der Waals surface area contributed by atoms with Crippen LogP contribution in [0, 0.1) is 23.7 Å². The number of carboxylic acid groups (broad SMARTS) is 1. The lowest BCUT2D eigenvalue weighted by Gasteiger charge is -2.57. The molecule has 0 radical (unpaired) electrons. The maximum atomic E-state index is 12.9. The van der Waals surface area contributed by atoms with Crippen LogP contribution in [-0.2, 0) is 19.1 Å². The van der Waals surface area contributed by atoms with Gasteiger partial charge in [0.2, 0.25) is 5.91 Å². The fourth-order valence-electron chi connectivity index (χ4n) is 6.12. The topological polar surface area (TPSA) is 95.9 Å². The molecule has 0 aliphatic heterocycles. The van der Waals surface area contributed by atoms with E-state index in [9.17, 15) is 19.5 Å². The monoisotopic (exact) mass is 426 g/mol. The molecular weight excluding hydrogens is 392 g/mol. The second-order valence-electron chi connectivity index (χ2n) is 9.46. The molecule has 4 bridgehead atoms. The van der Waals surface area contributed by atoms with Crippen molar-refractivity contribution in [1.82, 2.24) is 10.2 Å². The zero-order valence-corrected chi connectivity index (χ0v) is 18.3. The number of amides is 1. The number of aliphatic carboxylic acids is 1. The molecule has 8 heteroatoms. The fourth-order valence-corrected chi connectivity index (χ4v) is 6.28. The molecule has 0 heterocycles. The van der Waals surface area contributed by atoms with Crippen LogP contribution in [-0.4, -0.2) is 65.4 Å². The summed E-state index contributed by atoms with van der Waals surface area (Å²) >= 11 is 4.19. The third kappa shape index (κ3) is 5.26. The Labute approximate surface area is 178 Å². The second-order valence-corrected chi connectivity index (χ2v) is 9.82. The summed E-state index contributed by atoms with van der Waals surface area (Å²) in [5.74, 6) is 0.401. The van der Waals surface area contributed by atoms with E-state index in [0.717, 1.165) is 37.0 Å². The number of hydrogen-bond acceptors (Lipinski definition) is 6. The van der Waals surface area contributed by atoms with E-state index in [0.29, 0.717) is 12.3 Å². The van der Waals surface area contributed by atoms with Crippen LogP contribution in [0.3, 0.4) is 0 Å². The number of carbonyl (C=O) groups excluding carboxylic acids is 2. The molecule has 0 saturated heterocycles. The van der Waals surface area contributed by atoms with Crippen LogP contribution in [0.2, 0.25) is 0 Å². The molecule has 4 rings (SSSR count). The largest absolute Gasteiger partial charge is 0.480 e. The lowest BCUT2D eigenvalue weighted by Crippen LogP contribution is -2.61. The predicted octanol–water partition coefficient (Wildman–Crippen LogP) is 1.96. The van der Waals surface area contributed by atoms with Crippen molar-refractivity contribution in [3.8, 4) is 0 Å². The molecule has 2 atom stereocenters. The molecule has 0 spiro atoms. The van der Waals surface area contributed by atoms with Crippen molar-refractivity contribution in [3.63, 3.8) is 0 Å². The number of thiol groups is 1. The molecule has 0 aromatic heterocycles. The zero-order chi connectivity index (χ0) is 21.2. The molecule has 4 aliphatic rings. The van der Waals surface area contributed by atoms with Crippen molar-refractivity contribution in [3.05, 3.63) is 0 Å². The van der Waals surface area contributed by atoms with Gasteiger partial charge in [-0.1, -0.05) is 6.92 Å². The van der Waals surface area contributed by atoms with Gasteiger partial charge >= 0.3 is 11.9 Å². The van der Waals surface area contributed by atoms with Gasteiger partial charge in [0.15, 0.2) is 0 Å². The highest BCUT2D eigenvalue weighted by molar-refractivity contribution is 7.80. The first-order valence-corrected chi connectivity index (χ1v) is 11.3. The fraction of sp³-hybridized carbons (Fsp3) is 0.857. The predicted molar refractivity (Wildman–Crippen MR) is 112 cm³/mol. The molecule has 7 nitrogen and oxygen atoms in total. The maximum Gasteiger partial charge on any atom is 0.323 e. The lowest BCUT2D eigenvalue weighted by molar-refractivity contribution is -0.151. The van der Waals surface area contributed by atoms with Crippen LogP contribution in [0.5, 0.6) is 0 Å². The summed E-state index contributed by atoms with van der Waals surface area (Å²) in [6, 6.07) is -0.554. The van der Waals surface area contributed by atoms with E-state index in [2.05, 4.69) is 17.9 Å². The van der Waals surface area contributed by atoms with Crippen molar-refractivity contribution in [2.75, 3.05) is 26.0 Å². The van der Waals surface area contributed by atoms with E-state index < -0.39 is 30.4 Å². The molecule has 4 saturated carbocycles. The third-order valence-corrected chi connectivity index (χ3v) is 7.65. The number of rotatable bonds is 10. The lowest BCUT2D eigenvalue weighted by atomic mass is 9.53. The van der Waals surface area contributed by atoms with E-state index in [1.54, 1.807) is 6.92 Å². The van der Waals surface area contributed by atoms with Crippen molar-refractivity contribution >= 4 is 30.5 Å². The van der Waals surface area contributed by atoms with E-state index in [4.69, 9.17) is 4.74 Å². The Bertz CT molecular complexity index is 605. The standard InChI is InChI=1S/C21H34N2O5S/c1-13(12-29)20(27)23(11-18(24)25)17(6-19(26)28-2)10-22-21-7-14-3-15(8-21)5-16(4-14)9-21/h13-17,22,29H,3-12H2,1-2H3,(H,24,25)/t13-,14?,15?,16?,17-,21?/m1/s1. The molecule has 2 N–H and O–H groups in total. The van der Waals surface area contributed by atoms with Gasteiger partial charge < -0.3 is 20.1 Å². The molecule has 1 amide bonds. The first-order chi connectivity index (χ1) is 13.7. The van der Waals surface area contributed by atoms with Crippen molar-refractivity contribution in [1.29, 1.82) is 0 Å². The summed E-state index contributed by atoms with van der Waals surface area (Å²) in [5.41, 5.74) is 0.0657. The average Bonchev–Trinajstić information content (AvgIpc) is 2.66. The summed E-state index contributed by atoms with van der Waals surface area (Å²) in [6.07, 6.45) is 7.40. The van der Waals surface area contributed by atoms with Gasteiger partial charge in [-0.2, -0.15) is 12.6 Å². The number of carboxylic acids is 1. The van der Waals surface area contributed by atoms with E-state index >= 15 is 0 Å². The van der Waals surface area contributed by atoms with Crippen LogP contribution >= 0.6 is 12.6 Å². The van der Waals surface area contributed by atoms with Crippen LogP contribution in [0.15, 0.2) is 0 Å². The van der Waals surface area contributed by atoms with E-state index in [-0.39, 0.29) is 17.9 Å². The Kier molecular flexibility index (Phi) is 7.14. The molecule has 0 aromatic rings. The minimum Gasteiger partial charge on any atom is -0.480 e. The van der Waals surface area contributed by atoms with Gasteiger partial charge in [-0.15, -0.1) is 0 Å². The Balaban J connectivity index is 1.75. The van der Waals surface area contributed by atoms with Gasteiger partial charge in [-0.05, 0) is 56.3 Å². The summed E-state index contributed by atoms with van der Waals surface area (Å²) in [6.45, 7) is 1.70. The second kappa shape index (κ2) is 9.25. The highest BCUT2D eigenvalue weighted by Gasteiger charge is 2.51. The zero-order valence-electron chi connectivity index (χ0n) is 17.4. The van der Waals surface area contributed by atoms with Crippen LogP contribution in [0.1, 0.15) is 51.9 Å². The van der Waals surface area contributed by atoms with Gasteiger partial charge in [0.25, 0.3) is 0 Å². The minimum atomic E-state index is -1.09. The quantitative estimate of drug-likeness (QED) is 0.365. The van der Waals surface area contributed by atoms with Crippen LogP contribution in [0.4, 0.5) is 0 Å². The molecule has 164 valence electrons. The number of nitrogens with one attached hydrogen (secondary N) is 1. The molecule has 0 unspecified atom stereocenters. The van der Waals surface area contributed by atoms with Crippen LogP contribution in [0.25, 0.3) is 0 Å². The highest BCUT2D eigenvalue weighted by Crippen LogP contribution is 2.55. The van der Waals surface area contributed by atoms with Crippen molar-refractivity contribution < 1.29 is 24.2 Å². The first kappa shape index (κ1) is 22.4. The van der Waals surface area contributed by atoms with Gasteiger partial charge in [0.05, 0.1) is 19.6 Å². The number of methoxy groups -OCH3 is 1. The molecule has 0 aromatic carbocycles. The smallest absolute Gasteiger partial charge is 0.323 e. The van der Waals surface area contributed by atoms with Gasteiger partial charge in [-0.3, -0.25) is 14.4 Å². The Morgan fingerprint density at radius 2 is 1.72 bits per heavy atom. The number of carbonyl (C=O) groups is 3. The average molecular weight is 427 g/mol. The van der Waals surface area contributed by atoms with Crippen molar-refractivity contribution in [2.24, 2.45) is 23.7 Å². The van der Waals surface area contributed by atoms with Crippen molar-refractivity contribution in [2.45, 2.75) is 63.5 Å². The summed E-state index contributed by atoms with van der Waals surface area (Å²) in [7, 11) is 1.31. The minimum absolute atomic E-state index is 0.0197. The van der Waals surface area contributed by atoms with Gasteiger partial charge in [-0.25, -0.2) is 0 Å². The SMILES string of the molecule is COC(=O)C[C@H](CNC12CC3CC(CC(C3)C1)C2)N(CC(=O)O)C(=O)[C@H](C)CS. The Morgan fingerprint density at radius 3 is 2.17 bits per heavy atom. The molecular formula is C21H34N2O5S. The van der Waals surface area contributed by atoms with E-state index in [1.165, 1.54) is 31.3 Å². The van der Waals surface area contributed by atoms with Gasteiger partial charge in [0.1, 0.15) is 6.54 Å². The molecule has 29 heavy (non-hydrogen) atoms. The number of esters is 1. The molecule has 4 fully saturated rings. The summed E-state index contributed by atoms with van der Waals surface area (Å²) < 4.78 is 4.83. The van der Waals surface area contributed by atoms with Gasteiger partial charge in [0, 0.05) is 23.8 Å². The Hall–Kier alpha value is -1.28. The third-order valence-electron chi connectivity index (χ3n) is 7.11. The highest BCUT2D eigenvalue weighted by atomic mass is 32.1.